The summed E-state index contributed by atoms with van der Waals surface area (Å²) in [7, 11) is 1.58. The van der Waals surface area contributed by atoms with Crippen molar-refractivity contribution in [2.24, 2.45) is 0 Å². The minimum Gasteiger partial charge on any atom is -0.343 e. The van der Waals surface area contributed by atoms with Crippen molar-refractivity contribution in [1.29, 1.82) is 15.8 Å². The highest BCUT2D eigenvalue weighted by atomic mass is 16.2. The number of carbonyl (C=O) groups is 1. The third-order valence-electron chi connectivity index (χ3n) is 2.34. The van der Waals surface area contributed by atoms with Gasteiger partial charge < -0.3 is 9.47 Å². The van der Waals surface area contributed by atoms with Crippen LogP contribution in [0.5, 0.6) is 0 Å². The molecule has 7 nitrogen and oxygen atoms in total. The lowest BCUT2D eigenvalue weighted by Crippen LogP contribution is -2.31. The molecule has 1 aromatic rings. The van der Waals surface area contributed by atoms with Crippen molar-refractivity contribution < 1.29 is 4.79 Å². The van der Waals surface area contributed by atoms with Crippen LogP contribution in [0.2, 0.25) is 0 Å². The third kappa shape index (κ3) is 2.84. The van der Waals surface area contributed by atoms with E-state index in [1.54, 1.807) is 13.1 Å². The maximum atomic E-state index is 11.8. The molecule has 0 saturated heterocycles. The summed E-state index contributed by atoms with van der Waals surface area (Å²) >= 11 is 0. The lowest BCUT2D eigenvalue weighted by Gasteiger charge is -2.15. The first-order valence-electron chi connectivity index (χ1n) is 5.10. The second kappa shape index (κ2) is 6.03. The summed E-state index contributed by atoms with van der Waals surface area (Å²) < 4.78 is 1.32. The fourth-order valence-corrected chi connectivity index (χ4v) is 1.31. The molecule has 0 bridgehead atoms. The molecule has 0 aromatic carbocycles. The molecule has 0 atom stereocenters. The highest BCUT2D eigenvalue weighted by Crippen LogP contribution is 2.05. The Bertz CT molecular complexity index is 568. The summed E-state index contributed by atoms with van der Waals surface area (Å²) in [5.41, 5.74) is 0.0736. The van der Waals surface area contributed by atoms with Gasteiger partial charge in [0, 0.05) is 13.6 Å². The number of amides is 1. The summed E-state index contributed by atoms with van der Waals surface area (Å²) in [6.07, 6.45) is 1.54. The van der Waals surface area contributed by atoms with Crippen LogP contribution < -0.4 is 0 Å². The minimum atomic E-state index is -0.247. The Morgan fingerprint density at radius 1 is 1.44 bits per heavy atom. The van der Waals surface area contributed by atoms with Crippen molar-refractivity contribution in [1.82, 2.24) is 14.5 Å². The zero-order chi connectivity index (χ0) is 13.5. The first-order chi connectivity index (χ1) is 8.63. The van der Waals surface area contributed by atoms with Gasteiger partial charge in [-0.3, -0.25) is 4.79 Å². The number of hydrogen-bond acceptors (Lipinski definition) is 5. The lowest BCUT2D eigenvalue weighted by atomic mass is 10.3. The van der Waals surface area contributed by atoms with E-state index in [-0.39, 0.29) is 30.3 Å². The first kappa shape index (κ1) is 13.2. The number of aromatic nitrogens is 2. The second-order valence-electron chi connectivity index (χ2n) is 3.52. The molecule has 1 amide bonds. The van der Waals surface area contributed by atoms with Crippen LogP contribution in [0.4, 0.5) is 0 Å². The van der Waals surface area contributed by atoms with E-state index < -0.39 is 0 Å². The van der Waals surface area contributed by atoms with Gasteiger partial charge in [0.2, 0.25) is 5.91 Å². The summed E-state index contributed by atoms with van der Waals surface area (Å²) in [6.45, 7) is 0.260. The molecule has 1 heterocycles. The van der Waals surface area contributed by atoms with E-state index >= 15 is 0 Å². The molecule has 0 radical (unpaired) electrons. The molecule has 7 heteroatoms. The Morgan fingerprint density at radius 3 is 2.72 bits per heavy atom. The molecule has 0 spiro atoms. The summed E-state index contributed by atoms with van der Waals surface area (Å²) in [6, 6.07) is 5.56. The maximum absolute atomic E-state index is 11.8. The summed E-state index contributed by atoms with van der Waals surface area (Å²) in [5, 5.41) is 26.0. The Balaban J connectivity index is 2.78. The van der Waals surface area contributed by atoms with E-state index in [0.29, 0.717) is 6.54 Å². The lowest BCUT2D eigenvalue weighted by molar-refractivity contribution is -0.130. The van der Waals surface area contributed by atoms with E-state index in [0.717, 1.165) is 0 Å². The molecule has 90 valence electrons. The number of imidazole rings is 1. The molecule has 1 rings (SSSR count). The van der Waals surface area contributed by atoms with Crippen molar-refractivity contribution in [2.45, 2.75) is 13.0 Å². The quantitative estimate of drug-likeness (QED) is 0.737. The van der Waals surface area contributed by atoms with E-state index in [1.807, 2.05) is 12.1 Å². The van der Waals surface area contributed by atoms with Crippen molar-refractivity contribution in [2.75, 3.05) is 13.6 Å². The maximum Gasteiger partial charge on any atom is 0.242 e. The standard InChI is InChI=1S/C11H10N6O/c1-16(4-2-3-12)11(18)7-17-8-15-9(5-13)10(17)6-14/h8H,2,4,7H2,1H3. The zero-order valence-corrected chi connectivity index (χ0v) is 9.79. The smallest absolute Gasteiger partial charge is 0.242 e. The van der Waals surface area contributed by atoms with Crippen LogP contribution in [0.1, 0.15) is 17.8 Å². The topological polar surface area (TPSA) is 110 Å². The molecule has 0 N–H and O–H groups in total. The van der Waals surface area contributed by atoms with Crippen molar-refractivity contribution in [3.63, 3.8) is 0 Å². The van der Waals surface area contributed by atoms with Crippen LogP contribution >= 0.6 is 0 Å². The normalized spacial score (nSPS) is 9.00. The van der Waals surface area contributed by atoms with Crippen LogP contribution in [0.25, 0.3) is 0 Å². The SMILES string of the molecule is CN(CCC#N)C(=O)Cn1cnc(C#N)c1C#N. The molecule has 0 unspecified atom stereocenters. The molecule has 0 fully saturated rings. The number of nitrogens with zero attached hydrogens (tertiary/aromatic N) is 6. The Labute approximate surface area is 104 Å². The highest BCUT2D eigenvalue weighted by molar-refractivity contribution is 5.76. The fraction of sp³-hybridized carbons (Fsp3) is 0.364. The van der Waals surface area contributed by atoms with Gasteiger partial charge >= 0.3 is 0 Å². The summed E-state index contributed by atoms with van der Waals surface area (Å²) in [5.74, 6) is -0.247. The Hall–Kier alpha value is -2.85. The first-order valence-corrected chi connectivity index (χ1v) is 5.10. The number of nitriles is 3. The van der Waals surface area contributed by atoms with Gasteiger partial charge in [-0.2, -0.15) is 15.8 Å². The van der Waals surface area contributed by atoms with Crippen molar-refractivity contribution in [3.8, 4) is 18.2 Å². The van der Waals surface area contributed by atoms with E-state index in [4.69, 9.17) is 15.8 Å². The van der Waals surface area contributed by atoms with Gasteiger partial charge in [-0.05, 0) is 0 Å². The zero-order valence-electron chi connectivity index (χ0n) is 9.79. The van der Waals surface area contributed by atoms with Crippen LogP contribution in [0, 0.1) is 34.0 Å². The predicted octanol–water partition coefficient (Wildman–Crippen LogP) is -0.00146. The van der Waals surface area contributed by atoms with Crippen LogP contribution in [0.3, 0.4) is 0 Å². The molecule has 0 aliphatic heterocycles. The molecule has 1 aromatic heterocycles. The van der Waals surface area contributed by atoms with Crippen LogP contribution in [0.15, 0.2) is 6.33 Å². The largest absolute Gasteiger partial charge is 0.343 e. The van der Waals surface area contributed by atoms with Gasteiger partial charge in [0.15, 0.2) is 11.4 Å². The van der Waals surface area contributed by atoms with Gasteiger partial charge in [-0.25, -0.2) is 4.98 Å². The average molecular weight is 242 g/mol. The Kier molecular flexibility index (Phi) is 4.42. The molecule has 0 aliphatic carbocycles. The number of rotatable bonds is 4. The monoisotopic (exact) mass is 242 g/mol. The van der Waals surface area contributed by atoms with E-state index in [1.165, 1.54) is 15.8 Å². The van der Waals surface area contributed by atoms with Crippen LogP contribution in [-0.2, 0) is 11.3 Å². The molecule has 0 aliphatic rings. The average Bonchev–Trinajstić information content (AvgIpc) is 2.77. The predicted molar refractivity (Wildman–Crippen MR) is 59.5 cm³/mol. The summed E-state index contributed by atoms with van der Waals surface area (Å²) in [4.78, 5) is 16.9. The molecule has 0 saturated carbocycles. The number of carbonyl (C=O) groups excluding carboxylic acids is 1. The highest BCUT2D eigenvalue weighted by Gasteiger charge is 2.14. The third-order valence-corrected chi connectivity index (χ3v) is 2.34. The second-order valence-corrected chi connectivity index (χ2v) is 3.52. The van der Waals surface area contributed by atoms with Gasteiger partial charge in [0.05, 0.1) is 18.8 Å². The van der Waals surface area contributed by atoms with Gasteiger partial charge in [-0.1, -0.05) is 0 Å². The number of likely N-dealkylation sites (N-methyl/N-ethyl adjacent to an activating group) is 1. The van der Waals surface area contributed by atoms with E-state index in [9.17, 15) is 4.79 Å². The minimum absolute atomic E-state index is 0.00461. The Morgan fingerprint density at radius 2 is 2.17 bits per heavy atom. The molecule has 18 heavy (non-hydrogen) atoms. The van der Waals surface area contributed by atoms with Crippen molar-refractivity contribution >= 4 is 5.91 Å². The number of hydrogen-bond donors (Lipinski definition) is 0. The molecular weight excluding hydrogens is 232 g/mol. The van der Waals surface area contributed by atoms with Gasteiger partial charge in [-0.15, -0.1) is 0 Å². The van der Waals surface area contributed by atoms with Gasteiger partial charge in [0.25, 0.3) is 0 Å². The molecular formula is C11H10N6O. The fourth-order valence-electron chi connectivity index (χ4n) is 1.31. The van der Waals surface area contributed by atoms with Crippen molar-refractivity contribution in [3.05, 3.63) is 17.7 Å². The van der Waals surface area contributed by atoms with Crippen LogP contribution in [-0.4, -0.2) is 34.0 Å². The van der Waals surface area contributed by atoms with Gasteiger partial charge in [0.1, 0.15) is 18.7 Å². The van der Waals surface area contributed by atoms with E-state index in [2.05, 4.69) is 4.98 Å².